The third-order valence-electron chi connectivity index (χ3n) is 2.14. The third-order valence-corrected chi connectivity index (χ3v) is 2.14. The van der Waals surface area contributed by atoms with Gasteiger partial charge in [-0.05, 0) is 17.7 Å². The van der Waals surface area contributed by atoms with Crippen molar-refractivity contribution >= 4 is 17.9 Å². The number of rotatable bonds is 4. The minimum Gasteiger partial charge on any atom is -0.490 e. The number of nitrogens with one attached hydrogen (secondary N) is 1. The van der Waals surface area contributed by atoms with Gasteiger partial charge in [-0.1, -0.05) is 0 Å². The summed E-state index contributed by atoms with van der Waals surface area (Å²) in [7, 11) is 1.38. The second-order valence-corrected chi connectivity index (χ2v) is 3.26. The number of aromatic nitrogens is 3. The molecule has 18 heavy (non-hydrogen) atoms. The predicted octanol–water partition coefficient (Wildman–Crippen LogP) is 1.47. The molecule has 0 aliphatic carbocycles. The van der Waals surface area contributed by atoms with Crippen molar-refractivity contribution in [1.82, 2.24) is 15.2 Å². The van der Waals surface area contributed by atoms with Gasteiger partial charge in [0, 0.05) is 12.3 Å². The molecule has 92 valence electrons. The van der Waals surface area contributed by atoms with Gasteiger partial charge in [-0.15, -0.1) is 0 Å². The molecule has 1 aromatic carbocycles. The molecule has 0 bridgehead atoms. The van der Waals surface area contributed by atoms with E-state index >= 15 is 0 Å². The lowest BCUT2D eigenvalue weighted by molar-refractivity contribution is -0.385. The first-order chi connectivity index (χ1) is 8.70. The molecule has 0 spiro atoms. The Morgan fingerprint density at radius 2 is 2.39 bits per heavy atom. The molecular formula is C10H9N5O3. The van der Waals surface area contributed by atoms with Crippen LogP contribution in [0.2, 0.25) is 0 Å². The molecule has 0 amide bonds. The van der Waals surface area contributed by atoms with Crippen molar-refractivity contribution in [3.05, 3.63) is 40.2 Å². The first-order valence-corrected chi connectivity index (χ1v) is 4.92. The normalized spacial score (nSPS) is 10.7. The Hall–Kier alpha value is -2.77. The summed E-state index contributed by atoms with van der Waals surface area (Å²) in [6.07, 6.45) is 2.77. The van der Waals surface area contributed by atoms with Gasteiger partial charge < -0.3 is 4.74 Å². The van der Waals surface area contributed by atoms with Crippen molar-refractivity contribution < 1.29 is 9.66 Å². The molecule has 8 nitrogen and oxygen atoms in total. The molecule has 2 rings (SSSR count). The second kappa shape index (κ2) is 5.04. The van der Waals surface area contributed by atoms with Crippen LogP contribution in [0.5, 0.6) is 5.75 Å². The molecule has 2 aromatic rings. The van der Waals surface area contributed by atoms with Crippen LogP contribution in [0.15, 0.2) is 29.5 Å². The zero-order valence-electron chi connectivity index (χ0n) is 9.40. The van der Waals surface area contributed by atoms with Gasteiger partial charge in [-0.25, -0.2) is 10.1 Å². The number of hydrogen-bond acceptors (Lipinski definition) is 6. The average Bonchev–Trinajstić information content (AvgIpc) is 2.89. The van der Waals surface area contributed by atoms with Gasteiger partial charge in [0.2, 0.25) is 5.95 Å². The summed E-state index contributed by atoms with van der Waals surface area (Å²) in [6.45, 7) is 0. The zero-order chi connectivity index (χ0) is 13.0. The summed E-state index contributed by atoms with van der Waals surface area (Å²) in [5, 5.41) is 17.0. The Morgan fingerprint density at radius 3 is 3.00 bits per heavy atom. The maximum Gasteiger partial charge on any atom is 0.311 e. The second-order valence-electron chi connectivity index (χ2n) is 3.26. The van der Waals surface area contributed by atoms with E-state index in [9.17, 15) is 10.1 Å². The number of H-pyrrole nitrogens is 1. The fourth-order valence-electron chi connectivity index (χ4n) is 1.33. The standard InChI is InChI=1S/C10H9N5O3/c1-18-9-3-2-7(4-8(9)15(16)17)5-11-10-12-6-13-14-10/h2-6H,1H3,(H,12,13,14)/b11-5+. The highest BCUT2D eigenvalue weighted by molar-refractivity contribution is 5.82. The van der Waals surface area contributed by atoms with Crippen molar-refractivity contribution in [2.45, 2.75) is 0 Å². The van der Waals surface area contributed by atoms with E-state index in [1.54, 1.807) is 6.07 Å². The number of methoxy groups -OCH3 is 1. The van der Waals surface area contributed by atoms with Gasteiger partial charge in [-0.3, -0.25) is 10.1 Å². The highest BCUT2D eigenvalue weighted by Crippen LogP contribution is 2.26. The Morgan fingerprint density at radius 1 is 1.56 bits per heavy atom. The molecule has 0 radical (unpaired) electrons. The van der Waals surface area contributed by atoms with Gasteiger partial charge in [0.1, 0.15) is 6.33 Å². The van der Waals surface area contributed by atoms with Crippen LogP contribution < -0.4 is 4.74 Å². The van der Waals surface area contributed by atoms with Crippen LogP contribution in [0.3, 0.4) is 0 Å². The molecule has 0 saturated carbocycles. The molecule has 1 N–H and O–H groups in total. The number of aromatic amines is 1. The van der Waals surface area contributed by atoms with Gasteiger partial charge in [0.25, 0.3) is 0 Å². The molecule has 0 aliphatic heterocycles. The molecular weight excluding hydrogens is 238 g/mol. The maximum absolute atomic E-state index is 10.8. The lowest BCUT2D eigenvalue weighted by Gasteiger charge is -2.01. The number of nitro benzene ring substituents is 1. The van der Waals surface area contributed by atoms with Gasteiger partial charge >= 0.3 is 5.69 Å². The summed E-state index contributed by atoms with van der Waals surface area (Å²) >= 11 is 0. The van der Waals surface area contributed by atoms with E-state index in [1.807, 2.05) is 0 Å². The van der Waals surface area contributed by atoms with Crippen molar-refractivity contribution in [3.8, 4) is 5.75 Å². The van der Waals surface area contributed by atoms with Crippen LogP contribution in [0.1, 0.15) is 5.56 Å². The summed E-state index contributed by atoms with van der Waals surface area (Å²) in [5.74, 6) is 0.533. The van der Waals surface area contributed by atoms with Crippen LogP contribution in [0.25, 0.3) is 0 Å². The summed E-state index contributed by atoms with van der Waals surface area (Å²) in [4.78, 5) is 18.1. The number of ether oxygens (including phenoxy) is 1. The maximum atomic E-state index is 10.8. The number of nitro groups is 1. The Labute approximate surface area is 101 Å². The topological polar surface area (TPSA) is 106 Å². The average molecular weight is 247 g/mol. The van der Waals surface area contributed by atoms with Crippen molar-refractivity contribution in [3.63, 3.8) is 0 Å². The summed E-state index contributed by atoms with van der Waals surface area (Å²) in [6, 6.07) is 4.55. The van der Waals surface area contributed by atoms with E-state index in [0.717, 1.165) is 0 Å². The summed E-state index contributed by atoms with van der Waals surface area (Å²) in [5.41, 5.74) is 0.456. The lowest BCUT2D eigenvalue weighted by atomic mass is 10.2. The molecule has 1 aromatic heterocycles. The van der Waals surface area contributed by atoms with Crippen LogP contribution in [-0.4, -0.2) is 33.4 Å². The van der Waals surface area contributed by atoms with Crippen LogP contribution in [-0.2, 0) is 0 Å². The first kappa shape index (κ1) is 11.7. The molecule has 8 heteroatoms. The van der Waals surface area contributed by atoms with E-state index in [-0.39, 0.29) is 11.4 Å². The minimum absolute atomic E-state index is 0.112. The Balaban J connectivity index is 2.30. The zero-order valence-corrected chi connectivity index (χ0v) is 9.40. The Bertz CT molecular complexity index is 579. The number of hydrogen-bond donors (Lipinski definition) is 1. The van der Waals surface area contributed by atoms with Gasteiger partial charge in [0.15, 0.2) is 5.75 Å². The molecule has 0 unspecified atom stereocenters. The predicted molar refractivity (Wildman–Crippen MR) is 63.3 cm³/mol. The van der Waals surface area contributed by atoms with Crippen LogP contribution in [0.4, 0.5) is 11.6 Å². The Kier molecular flexibility index (Phi) is 3.28. The van der Waals surface area contributed by atoms with Crippen LogP contribution >= 0.6 is 0 Å². The lowest BCUT2D eigenvalue weighted by Crippen LogP contribution is -1.95. The molecule has 0 saturated heterocycles. The highest BCUT2D eigenvalue weighted by atomic mass is 16.6. The fraction of sp³-hybridized carbons (Fsp3) is 0.100. The number of aliphatic imine (C=N–C) groups is 1. The smallest absolute Gasteiger partial charge is 0.311 e. The van der Waals surface area contributed by atoms with E-state index in [0.29, 0.717) is 11.5 Å². The van der Waals surface area contributed by atoms with Crippen molar-refractivity contribution in [1.29, 1.82) is 0 Å². The fourth-order valence-corrected chi connectivity index (χ4v) is 1.33. The summed E-state index contributed by atoms with van der Waals surface area (Å²) < 4.78 is 4.90. The number of nitrogens with zero attached hydrogens (tertiary/aromatic N) is 4. The van der Waals surface area contributed by atoms with E-state index in [2.05, 4.69) is 20.2 Å². The molecule has 1 heterocycles. The van der Waals surface area contributed by atoms with Crippen molar-refractivity contribution in [2.75, 3.05) is 7.11 Å². The quantitative estimate of drug-likeness (QED) is 0.500. The minimum atomic E-state index is -0.509. The van der Waals surface area contributed by atoms with Crippen LogP contribution in [0, 0.1) is 10.1 Å². The third kappa shape index (κ3) is 2.48. The SMILES string of the molecule is COc1ccc(/C=N/c2ncn[nH]2)cc1[N+](=O)[O-]. The molecule has 0 atom stereocenters. The molecule has 0 fully saturated rings. The molecule has 0 aliphatic rings. The van der Waals surface area contributed by atoms with E-state index < -0.39 is 4.92 Å². The number of benzene rings is 1. The highest BCUT2D eigenvalue weighted by Gasteiger charge is 2.14. The van der Waals surface area contributed by atoms with E-state index in [4.69, 9.17) is 4.74 Å². The van der Waals surface area contributed by atoms with Gasteiger partial charge in [0.05, 0.1) is 12.0 Å². The van der Waals surface area contributed by atoms with Gasteiger partial charge in [-0.2, -0.15) is 10.1 Å². The van der Waals surface area contributed by atoms with Crippen molar-refractivity contribution in [2.24, 2.45) is 4.99 Å². The monoisotopic (exact) mass is 247 g/mol. The largest absolute Gasteiger partial charge is 0.490 e. The first-order valence-electron chi connectivity index (χ1n) is 4.92. The van der Waals surface area contributed by atoms with E-state index in [1.165, 1.54) is 31.8 Å².